The smallest absolute Gasteiger partial charge is 0.0782 e. The van der Waals surface area contributed by atoms with Crippen molar-refractivity contribution in [3.05, 3.63) is 0 Å². The SMILES string of the molecule is CN1CCCC(C)(C)CC1=S. The minimum Gasteiger partial charge on any atom is -0.369 e. The molecule has 0 atom stereocenters. The van der Waals surface area contributed by atoms with E-state index in [9.17, 15) is 0 Å². The van der Waals surface area contributed by atoms with Crippen LogP contribution in [-0.4, -0.2) is 23.5 Å². The molecule has 1 aliphatic rings. The van der Waals surface area contributed by atoms with Crippen molar-refractivity contribution in [3.8, 4) is 0 Å². The average molecular weight is 171 g/mol. The van der Waals surface area contributed by atoms with Crippen LogP contribution >= 0.6 is 12.2 Å². The molecule has 11 heavy (non-hydrogen) atoms. The molecule has 0 saturated carbocycles. The molecular formula is C9H17NS. The molecule has 1 aliphatic heterocycles. The van der Waals surface area contributed by atoms with Crippen LogP contribution in [0.2, 0.25) is 0 Å². The summed E-state index contributed by atoms with van der Waals surface area (Å²) >= 11 is 5.29. The Kier molecular flexibility index (Phi) is 2.53. The monoisotopic (exact) mass is 171 g/mol. The molecule has 1 nitrogen and oxygen atoms in total. The zero-order valence-electron chi connectivity index (χ0n) is 7.68. The molecule has 1 fully saturated rings. The van der Waals surface area contributed by atoms with Gasteiger partial charge in [0.05, 0.1) is 4.99 Å². The van der Waals surface area contributed by atoms with Gasteiger partial charge in [-0.2, -0.15) is 0 Å². The van der Waals surface area contributed by atoms with E-state index in [4.69, 9.17) is 12.2 Å². The number of nitrogens with zero attached hydrogens (tertiary/aromatic N) is 1. The molecule has 0 N–H and O–H groups in total. The molecule has 0 aromatic carbocycles. The van der Waals surface area contributed by atoms with Gasteiger partial charge in [0.15, 0.2) is 0 Å². The van der Waals surface area contributed by atoms with Crippen molar-refractivity contribution in [3.63, 3.8) is 0 Å². The molecule has 2 heteroatoms. The molecule has 0 amide bonds. The van der Waals surface area contributed by atoms with Gasteiger partial charge in [0.25, 0.3) is 0 Å². The zero-order valence-corrected chi connectivity index (χ0v) is 8.50. The van der Waals surface area contributed by atoms with E-state index < -0.39 is 0 Å². The first-order valence-corrected chi connectivity index (χ1v) is 4.66. The highest BCUT2D eigenvalue weighted by atomic mass is 32.1. The largest absolute Gasteiger partial charge is 0.369 e. The molecule has 0 aromatic rings. The van der Waals surface area contributed by atoms with Gasteiger partial charge in [0.1, 0.15) is 0 Å². The minimum atomic E-state index is 0.432. The fourth-order valence-electron chi connectivity index (χ4n) is 1.55. The summed E-state index contributed by atoms with van der Waals surface area (Å²) in [7, 11) is 2.10. The summed E-state index contributed by atoms with van der Waals surface area (Å²) in [5, 5.41) is 0. The average Bonchev–Trinajstić information content (AvgIpc) is 1.93. The summed E-state index contributed by atoms with van der Waals surface area (Å²) in [6, 6.07) is 0. The Labute approximate surface area is 74.8 Å². The lowest BCUT2D eigenvalue weighted by atomic mass is 9.85. The molecule has 0 bridgehead atoms. The highest BCUT2D eigenvalue weighted by Crippen LogP contribution is 2.30. The Morgan fingerprint density at radius 3 is 2.73 bits per heavy atom. The molecule has 64 valence electrons. The maximum atomic E-state index is 5.29. The van der Waals surface area contributed by atoms with Gasteiger partial charge >= 0.3 is 0 Å². The highest BCUT2D eigenvalue weighted by Gasteiger charge is 2.24. The van der Waals surface area contributed by atoms with Crippen molar-refractivity contribution in [2.24, 2.45) is 5.41 Å². The van der Waals surface area contributed by atoms with E-state index in [0.717, 1.165) is 18.0 Å². The number of likely N-dealkylation sites (tertiary alicyclic amines) is 1. The van der Waals surface area contributed by atoms with Gasteiger partial charge < -0.3 is 4.90 Å². The van der Waals surface area contributed by atoms with E-state index in [1.54, 1.807) is 0 Å². The van der Waals surface area contributed by atoms with Crippen molar-refractivity contribution in [1.29, 1.82) is 0 Å². The van der Waals surface area contributed by atoms with Crippen LogP contribution in [0.3, 0.4) is 0 Å². The van der Waals surface area contributed by atoms with Gasteiger partial charge in [-0.1, -0.05) is 26.1 Å². The standard InChI is InChI=1S/C9H17NS/c1-9(2)5-4-6-10(3)8(11)7-9/h4-7H2,1-3H3. The molecule has 0 radical (unpaired) electrons. The van der Waals surface area contributed by atoms with Crippen molar-refractivity contribution >= 4 is 17.2 Å². The summed E-state index contributed by atoms with van der Waals surface area (Å²) < 4.78 is 0. The lowest BCUT2D eigenvalue weighted by Gasteiger charge is -2.22. The summed E-state index contributed by atoms with van der Waals surface area (Å²) in [5.74, 6) is 0. The van der Waals surface area contributed by atoms with Crippen LogP contribution in [0.4, 0.5) is 0 Å². The van der Waals surface area contributed by atoms with Crippen molar-refractivity contribution in [1.82, 2.24) is 4.90 Å². The fourth-order valence-corrected chi connectivity index (χ4v) is 2.03. The second-order valence-electron chi connectivity index (χ2n) is 4.26. The van der Waals surface area contributed by atoms with Gasteiger partial charge in [-0.25, -0.2) is 0 Å². The second kappa shape index (κ2) is 3.10. The first-order chi connectivity index (χ1) is 5.01. The van der Waals surface area contributed by atoms with Crippen LogP contribution in [0.25, 0.3) is 0 Å². The topological polar surface area (TPSA) is 3.24 Å². The van der Waals surface area contributed by atoms with Gasteiger partial charge in [0.2, 0.25) is 0 Å². The Bertz CT molecular complexity index is 163. The van der Waals surface area contributed by atoms with Crippen LogP contribution in [0, 0.1) is 5.41 Å². The van der Waals surface area contributed by atoms with Gasteiger partial charge in [-0.3, -0.25) is 0 Å². The molecule has 0 aliphatic carbocycles. The normalized spacial score (nSPS) is 25.0. The van der Waals surface area contributed by atoms with Crippen molar-refractivity contribution in [2.75, 3.05) is 13.6 Å². The molecule has 1 saturated heterocycles. The summed E-state index contributed by atoms with van der Waals surface area (Å²) in [4.78, 5) is 3.34. The van der Waals surface area contributed by atoms with E-state index in [1.165, 1.54) is 12.8 Å². The van der Waals surface area contributed by atoms with Crippen molar-refractivity contribution in [2.45, 2.75) is 33.1 Å². The van der Waals surface area contributed by atoms with Crippen LogP contribution in [-0.2, 0) is 0 Å². The first-order valence-electron chi connectivity index (χ1n) is 4.25. The molecule has 1 rings (SSSR count). The molecule has 1 heterocycles. The number of hydrogen-bond acceptors (Lipinski definition) is 1. The molecule has 0 aromatic heterocycles. The lowest BCUT2D eigenvalue weighted by molar-refractivity contribution is 0.350. The maximum absolute atomic E-state index is 5.29. The van der Waals surface area contributed by atoms with E-state index in [0.29, 0.717) is 5.41 Å². The number of rotatable bonds is 0. The third-order valence-corrected chi connectivity index (χ3v) is 2.86. The number of hydrogen-bond donors (Lipinski definition) is 0. The molecule has 0 spiro atoms. The first kappa shape index (κ1) is 8.98. The van der Waals surface area contributed by atoms with Gasteiger partial charge in [-0.15, -0.1) is 0 Å². The highest BCUT2D eigenvalue weighted by molar-refractivity contribution is 7.80. The second-order valence-corrected chi connectivity index (χ2v) is 4.73. The van der Waals surface area contributed by atoms with E-state index in [-0.39, 0.29) is 0 Å². The fraction of sp³-hybridized carbons (Fsp3) is 0.889. The molecule has 0 unspecified atom stereocenters. The Balaban J connectivity index is 2.63. The summed E-state index contributed by atoms with van der Waals surface area (Å²) in [6.45, 7) is 5.75. The van der Waals surface area contributed by atoms with Crippen LogP contribution < -0.4 is 0 Å². The minimum absolute atomic E-state index is 0.432. The predicted octanol–water partition coefficient (Wildman–Crippen LogP) is 2.46. The Hall–Kier alpha value is -0.110. The van der Waals surface area contributed by atoms with Gasteiger partial charge in [-0.05, 0) is 18.3 Å². The van der Waals surface area contributed by atoms with Gasteiger partial charge in [0, 0.05) is 20.0 Å². The van der Waals surface area contributed by atoms with E-state index in [1.807, 2.05) is 0 Å². The van der Waals surface area contributed by atoms with E-state index >= 15 is 0 Å². The maximum Gasteiger partial charge on any atom is 0.0782 e. The summed E-state index contributed by atoms with van der Waals surface area (Å²) in [5.41, 5.74) is 0.432. The zero-order chi connectivity index (χ0) is 8.48. The Morgan fingerprint density at radius 2 is 2.09 bits per heavy atom. The quantitative estimate of drug-likeness (QED) is 0.515. The van der Waals surface area contributed by atoms with Crippen LogP contribution in [0.15, 0.2) is 0 Å². The predicted molar refractivity (Wildman–Crippen MR) is 52.9 cm³/mol. The Morgan fingerprint density at radius 1 is 1.45 bits per heavy atom. The lowest BCUT2D eigenvalue weighted by Crippen LogP contribution is -2.25. The molecular weight excluding hydrogens is 154 g/mol. The third kappa shape index (κ3) is 2.44. The third-order valence-electron chi connectivity index (χ3n) is 2.40. The van der Waals surface area contributed by atoms with Crippen molar-refractivity contribution < 1.29 is 0 Å². The van der Waals surface area contributed by atoms with Crippen LogP contribution in [0.5, 0.6) is 0 Å². The number of thiocarbonyl (C=S) groups is 1. The van der Waals surface area contributed by atoms with E-state index in [2.05, 4.69) is 25.8 Å². The summed E-state index contributed by atoms with van der Waals surface area (Å²) in [6.07, 6.45) is 3.67. The van der Waals surface area contributed by atoms with Crippen LogP contribution in [0.1, 0.15) is 33.1 Å².